The van der Waals surface area contributed by atoms with Crippen LogP contribution in [-0.4, -0.2) is 55.3 Å². The average Bonchev–Trinajstić information content (AvgIpc) is 3.28. The van der Waals surface area contributed by atoms with E-state index in [9.17, 15) is 4.79 Å². The maximum atomic E-state index is 13.5. The highest BCUT2D eigenvalue weighted by Gasteiger charge is 2.41. The molecule has 218 valence electrons. The number of carbonyl (C=O) groups is 1. The van der Waals surface area contributed by atoms with Crippen LogP contribution in [0.25, 0.3) is 0 Å². The fourth-order valence-corrected chi connectivity index (χ4v) is 6.64. The number of carbonyl (C=O) groups excluding carboxylic acids is 1. The Morgan fingerprint density at radius 1 is 1.12 bits per heavy atom. The van der Waals surface area contributed by atoms with Crippen molar-refractivity contribution in [1.82, 2.24) is 9.80 Å². The molecule has 2 aromatic carbocycles. The quantitative estimate of drug-likeness (QED) is 0.243. The van der Waals surface area contributed by atoms with Gasteiger partial charge in [0.1, 0.15) is 12.4 Å². The van der Waals surface area contributed by atoms with E-state index >= 15 is 0 Å². The van der Waals surface area contributed by atoms with Gasteiger partial charge in [-0.2, -0.15) is 0 Å². The number of allylic oxidation sites excluding steroid dienone is 2. The highest BCUT2D eigenvalue weighted by molar-refractivity contribution is 8.17. The molecule has 2 unspecified atom stereocenters. The lowest BCUT2D eigenvalue weighted by atomic mass is 9.93. The van der Waals surface area contributed by atoms with Crippen LogP contribution in [0.5, 0.6) is 5.75 Å². The molecule has 0 amide bonds. The normalized spacial score (nSPS) is 16.9. The number of rotatable bonds is 10. The van der Waals surface area contributed by atoms with E-state index in [0.29, 0.717) is 40.9 Å². The molecule has 0 spiro atoms. The molecule has 0 radical (unpaired) electrons. The lowest BCUT2D eigenvalue weighted by Crippen LogP contribution is -2.35. The zero-order chi connectivity index (χ0) is 27.4. The van der Waals surface area contributed by atoms with E-state index < -0.39 is 6.04 Å². The summed E-state index contributed by atoms with van der Waals surface area (Å²) < 4.78 is 11.5. The number of nitrogens with zero attached hydrogens (tertiary/aromatic N) is 3. The van der Waals surface area contributed by atoms with Crippen LogP contribution in [0.15, 0.2) is 69.8 Å². The number of thioether (sulfide) groups is 1. The number of hydrogen-bond acceptors (Lipinski definition) is 7. The van der Waals surface area contributed by atoms with Gasteiger partial charge in [-0.15, -0.1) is 24.8 Å². The van der Waals surface area contributed by atoms with Gasteiger partial charge in [0.25, 0.3) is 0 Å². The fourth-order valence-electron chi connectivity index (χ4n) is 4.72. The summed E-state index contributed by atoms with van der Waals surface area (Å²) in [4.78, 5) is 23.6. The number of hydrogen-bond donors (Lipinski definition) is 0. The summed E-state index contributed by atoms with van der Waals surface area (Å²) >= 11 is 14.6. The van der Waals surface area contributed by atoms with E-state index in [2.05, 4.69) is 18.0 Å². The van der Waals surface area contributed by atoms with Crippen LogP contribution in [-0.2, 0) is 9.53 Å². The molecule has 0 aromatic heterocycles. The zero-order valence-electron chi connectivity index (χ0n) is 23.1. The number of amidine groups is 1. The third kappa shape index (κ3) is 7.50. The summed E-state index contributed by atoms with van der Waals surface area (Å²) in [5.41, 5.74) is 3.09. The predicted octanol–water partition coefficient (Wildman–Crippen LogP) is 8.11. The molecule has 11 heteroatoms. The molecule has 2 heterocycles. The van der Waals surface area contributed by atoms with Crippen molar-refractivity contribution in [2.75, 3.05) is 34.4 Å². The number of benzene rings is 2. The summed E-state index contributed by atoms with van der Waals surface area (Å²) in [5.74, 6) is 0.442. The monoisotopic (exact) mass is 645 g/mol. The molecule has 2 aliphatic rings. The van der Waals surface area contributed by atoms with Crippen LogP contribution >= 0.6 is 59.8 Å². The second-order valence-corrected chi connectivity index (χ2v) is 11.4. The van der Waals surface area contributed by atoms with Gasteiger partial charge in [-0.25, -0.2) is 9.79 Å². The van der Waals surface area contributed by atoms with Crippen molar-refractivity contribution in [2.24, 2.45) is 4.99 Å². The Morgan fingerprint density at radius 2 is 1.80 bits per heavy atom. The number of likely N-dealkylation sites (N-methyl/N-ethyl adjacent to an activating group) is 1. The Bertz CT molecular complexity index is 1280. The van der Waals surface area contributed by atoms with E-state index in [1.165, 1.54) is 0 Å². The van der Waals surface area contributed by atoms with E-state index in [0.717, 1.165) is 33.3 Å². The number of para-hydroxylation sites is 1. The van der Waals surface area contributed by atoms with Gasteiger partial charge in [0, 0.05) is 33.3 Å². The van der Waals surface area contributed by atoms with Crippen LogP contribution < -0.4 is 4.74 Å². The largest absolute Gasteiger partial charge is 0.496 e. The molecule has 2 aromatic rings. The molecule has 2 atom stereocenters. The SMILES string of the molecule is CCC1=C(C(=O)OCCN(C)C)C(c2ccccc2OC)N2C=C(CC(C)c3c(Cl)cccc3Cl)SC2=N1.Cl.Cl. The van der Waals surface area contributed by atoms with Gasteiger partial charge in [0.05, 0.1) is 24.4 Å². The van der Waals surface area contributed by atoms with E-state index in [1.807, 2.05) is 68.4 Å². The predicted molar refractivity (Wildman–Crippen MR) is 172 cm³/mol. The lowest BCUT2D eigenvalue weighted by molar-refractivity contribution is -0.140. The first-order valence-electron chi connectivity index (χ1n) is 12.6. The first-order chi connectivity index (χ1) is 18.2. The molecule has 0 saturated carbocycles. The maximum Gasteiger partial charge on any atom is 0.338 e. The minimum Gasteiger partial charge on any atom is -0.496 e. The van der Waals surface area contributed by atoms with Crippen molar-refractivity contribution >= 4 is 70.9 Å². The second kappa shape index (κ2) is 15.4. The maximum absolute atomic E-state index is 13.5. The number of ether oxygens (including phenoxy) is 2. The van der Waals surface area contributed by atoms with Crippen molar-refractivity contribution in [2.45, 2.75) is 38.6 Å². The summed E-state index contributed by atoms with van der Waals surface area (Å²) in [5, 5.41) is 2.15. The fraction of sp³-hybridized carbons (Fsp3) is 0.379. The molecule has 0 N–H and O–H groups in total. The number of aliphatic imine (C=N–C) groups is 1. The van der Waals surface area contributed by atoms with E-state index in [4.69, 9.17) is 37.7 Å². The van der Waals surface area contributed by atoms with E-state index in [1.54, 1.807) is 18.9 Å². The minimum absolute atomic E-state index is 0. The number of methoxy groups -OCH3 is 1. The van der Waals surface area contributed by atoms with Crippen LogP contribution in [0.3, 0.4) is 0 Å². The second-order valence-electron chi connectivity index (χ2n) is 9.54. The van der Waals surface area contributed by atoms with Gasteiger partial charge >= 0.3 is 5.97 Å². The van der Waals surface area contributed by atoms with Crippen LogP contribution in [0, 0.1) is 0 Å². The third-order valence-corrected chi connectivity index (χ3v) is 8.26. The number of fused-ring (bicyclic) bond motifs is 1. The minimum atomic E-state index is -0.426. The molecule has 40 heavy (non-hydrogen) atoms. The summed E-state index contributed by atoms with van der Waals surface area (Å²) in [7, 11) is 5.54. The molecule has 4 rings (SSSR count). The van der Waals surface area contributed by atoms with Crippen LogP contribution in [0.2, 0.25) is 10.0 Å². The number of halogens is 4. The molecular weight excluding hydrogens is 612 g/mol. The Hall–Kier alpha value is -1.87. The van der Waals surface area contributed by atoms with Crippen molar-refractivity contribution in [1.29, 1.82) is 0 Å². The van der Waals surface area contributed by atoms with Crippen molar-refractivity contribution in [3.05, 3.63) is 86.0 Å². The van der Waals surface area contributed by atoms with Gasteiger partial charge in [-0.1, -0.05) is 73.1 Å². The van der Waals surface area contributed by atoms with E-state index in [-0.39, 0.29) is 36.7 Å². The average molecular weight is 647 g/mol. The first-order valence-corrected chi connectivity index (χ1v) is 14.2. The third-order valence-electron chi connectivity index (χ3n) is 6.58. The van der Waals surface area contributed by atoms with Gasteiger partial charge in [-0.3, -0.25) is 0 Å². The Morgan fingerprint density at radius 3 is 2.42 bits per heavy atom. The van der Waals surface area contributed by atoms with Crippen molar-refractivity contribution < 1.29 is 14.3 Å². The Balaban J connectivity index is 0.00000280. The molecule has 6 nitrogen and oxygen atoms in total. The summed E-state index contributed by atoms with van der Waals surface area (Å²) in [6, 6.07) is 13.0. The Kier molecular flexibility index (Phi) is 13.2. The standard InChI is InChI=1S/C29H33Cl2N3O3S.2ClH/c1-6-23-26(28(35)37-15-14-33(3)4)27(20-10-7-8-13-24(20)36-5)34-17-19(38-29(34)32-23)16-18(2)25-21(30)11-9-12-22(25)31;;/h7-13,17-18,27H,6,14-16H2,1-5H3;2*1H. The summed E-state index contributed by atoms with van der Waals surface area (Å²) in [6.45, 7) is 5.07. The topological polar surface area (TPSA) is 54.4 Å². The Labute approximate surface area is 263 Å². The highest BCUT2D eigenvalue weighted by atomic mass is 35.5. The molecular formula is C29H35Cl4N3O3S. The lowest BCUT2D eigenvalue weighted by Gasteiger charge is -2.34. The van der Waals surface area contributed by atoms with Crippen LogP contribution in [0.4, 0.5) is 0 Å². The molecule has 0 saturated heterocycles. The van der Waals surface area contributed by atoms with Crippen molar-refractivity contribution in [3.63, 3.8) is 0 Å². The summed E-state index contributed by atoms with van der Waals surface area (Å²) in [6.07, 6.45) is 3.41. The molecule has 0 fully saturated rings. The van der Waals surface area contributed by atoms with Gasteiger partial charge in [0.15, 0.2) is 5.17 Å². The number of esters is 1. The molecule has 2 aliphatic heterocycles. The van der Waals surface area contributed by atoms with Crippen molar-refractivity contribution in [3.8, 4) is 5.75 Å². The van der Waals surface area contributed by atoms with Crippen LogP contribution in [0.1, 0.15) is 49.8 Å². The highest BCUT2D eigenvalue weighted by Crippen LogP contribution is 2.48. The molecule has 0 bridgehead atoms. The zero-order valence-corrected chi connectivity index (χ0v) is 27.1. The first kappa shape index (κ1) is 34.3. The van der Waals surface area contributed by atoms with Gasteiger partial charge in [0.2, 0.25) is 0 Å². The smallest absolute Gasteiger partial charge is 0.338 e. The molecule has 0 aliphatic carbocycles. The van der Waals surface area contributed by atoms with Gasteiger partial charge in [-0.05, 0) is 56.6 Å². The van der Waals surface area contributed by atoms with Gasteiger partial charge < -0.3 is 19.3 Å².